The standard InChI is InChI=1S/C6H5Cl.C6H7NO/c7-6-4-2-1-3-5-6;7-5-3-1-2-4-6(5)8/h1-5H;1-4,8H,7H2. The van der Waals surface area contributed by atoms with Gasteiger partial charge in [0.2, 0.25) is 0 Å². The quantitative estimate of drug-likeness (QED) is 0.530. The van der Waals surface area contributed by atoms with Crippen molar-refractivity contribution in [2.45, 2.75) is 0 Å². The van der Waals surface area contributed by atoms with Crippen LogP contribution in [0.5, 0.6) is 5.75 Å². The summed E-state index contributed by atoms with van der Waals surface area (Å²) in [6.07, 6.45) is 0. The molecule has 0 fully saturated rings. The Labute approximate surface area is 93.9 Å². The van der Waals surface area contributed by atoms with Gasteiger partial charge in [0.05, 0.1) is 5.69 Å². The van der Waals surface area contributed by atoms with Gasteiger partial charge < -0.3 is 10.8 Å². The monoisotopic (exact) mass is 221 g/mol. The number of phenolic OH excluding ortho intramolecular Hbond substituents is 1. The van der Waals surface area contributed by atoms with Crippen molar-refractivity contribution in [3.63, 3.8) is 0 Å². The van der Waals surface area contributed by atoms with Crippen molar-refractivity contribution in [2.24, 2.45) is 0 Å². The second kappa shape index (κ2) is 5.94. The summed E-state index contributed by atoms with van der Waals surface area (Å²) in [5, 5.41) is 9.59. The Morgan fingerprint density at radius 1 is 0.867 bits per heavy atom. The molecule has 0 radical (unpaired) electrons. The number of anilines is 1. The number of nitrogens with two attached hydrogens (primary N) is 1. The first-order valence-corrected chi connectivity index (χ1v) is 4.82. The van der Waals surface area contributed by atoms with Crippen molar-refractivity contribution in [3.05, 3.63) is 59.6 Å². The molecule has 0 aliphatic rings. The first kappa shape index (κ1) is 11.4. The number of rotatable bonds is 0. The fourth-order valence-electron chi connectivity index (χ4n) is 0.902. The maximum atomic E-state index is 8.79. The van der Waals surface area contributed by atoms with E-state index in [1.54, 1.807) is 24.3 Å². The van der Waals surface area contributed by atoms with Crippen LogP contribution in [-0.4, -0.2) is 5.11 Å². The van der Waals surface area contributed by atoms with Gasteiger partial charge in [0.1, 0.15) is 5.75 Å². The van der Waals surface area contributed by atoms with Crippen molar-refractivity contribution >= 4 is 17.3 Å². The molecule has 3 N–H and O–H groups in total. The van der Waals surface area contributed by atoms with Gasteiger partial charge in [-0.3, -0.25) is 0 Å². The van der Waals surface area contributed by atoms with Crippen LogP contribution in [0.25, 0.3) is 0 Å². The molecule has 15 heavy (non-hydrogen) atoms. The number of benzene rings is 2. The number of nitrogen functional groups attached to an aromatic ring is 1. The Hall–Kier alpha value is -1.67. The van der Waals surface area contributed by atoms with Gasteiger partial charge >= 0.3 is 0 Å². The fourth-order valence-corrected chi connectivity index (χ4v) is 1.05. The maximum Gasteiger partial charge on any atom is 0.138 e. The molecule has 2 nitrogen and oxygen atoms in total. The topological polar surface area (TPSA) is 46.2 Å². The molecule has 0 aromatic heterocycles. The van der Waals surface area contributed by atoms with E-state index in [4.69, 9.17) is 22.4 Å². The number of hydrogen-bond acceptors (Lipinski definition) is 2. The van der Waals surface area contributed by atoms with Crippen molar-refractivity contribution in [1.82, 2.24) is 0 Å². The van der Waals surface area contributed by atoms with Crippen LogP contribution in [0.1, 0.15) is 0 Å². The third-order valence-electron chi connectivity index (χ3n) is 1.67. The highest BCUT2D eigenvalue weighted by Crippen LogP contribution is 2.16. The van der Waals surface area contributed by atoms with E-state index in [-0.39, 0.29) is 5.75 Å². The minimum atomic E-state index is 0.146. The molecule has 0 heterocycles. The molecule has 2 aromatic rings. The smallest absolute Gasteiger partial charge is 0.138 e. The second-order valence-corrected chi connectivity index (χ2v) is 3.29. The van der Waals surface area contributed by atoms with Crippen LogP contribution < -0.4 is 5.73 Å². The predicted octanol–water partition coefficient (Wildman–Crippen LogP) is 3.31. The number of phenols is 1. The molecule has 0 spiro atoms. The maximum absolute atomic E-state index is 8.79. The lowest BCUT2D eigenvalue weighted by Gasteiger charge is -1.92. The zero-order chi connectivity index (χ0) is 11.1. The van der Waals surface area contributed by atoms with E-state index in [0.717, 1.165) is 5.02 Å². The van der Waals surface area contributed by atoms with E-state index >= 15 is 0 Å². The summed E-state index contributed by atoms with van der Waals surface area (Å²) in [7, 11) is 0. The number of halogens is 1. The minimum absolute atomic E-state index is 0.146. The second-order valence-electron chi connectivity index (χ2n) is 2.85. The first-order valence-electron chi connectivity index (χ1n) is 4.44. The van der Waals surface area contributed by atoms with Gasteiger partial charge in [-0.15, -0.1) is 0 Å². The van der Waals surface area contributed by atoms with Crippen LogP contribution >= 0.6 is 11.6 Å². The molecule has 0 saturated heterocycles. The zero-order valence-electron chi connectivity index (χ0n) is 8.10. The lowest BCUT2D eigenvalue weighted by atomic mass is 10.3. The molecule has 0 saturated carbocycles. The van der Waals surface area contributed by atoms with Crippen molar-refractivity contribution < 1.29 is 5.11 Å². The van der Waals surface area contributed by atoms with E-state index in [1.165, 1.54) is 0 Å². The van der Waals surface area contributed by atoms with Gasteiger partial charge in [0.25, 0.3) is 0 Å². The lowest BCUT2D eigenvalue weighted by Crippen LogP contribution is -1.82. The van der Waals surface area contributed by atoms with Gasteiger partial charge in [-0.1, -0.05) is 41.9 Å². The van der Waals surface area contributed by atoms with Crippen LogP contribution in [-0.2, 0) is 0 Å². The average Bonchev–Trinajstić information content (AvgIpc) is 2.25. The lowest BCUT2D eigenvalue weighted by molar-refractivity contribution is 0.478. The summed E-state index contributed by atoms with van der Waals surface area (Å²) in [4.78, 5) is 0. The van der Waals surface area contributed by atoms with Crippen molar-refractivity contribution in [3.8, 4) is 5.75 Å². The van der Waals surface area contributed by atoms with Gasteiger partial charge in [0.15, 0.2) is 0 Å². The summed E-state index contributed by atoms with van der Waals surface area (Å²) >= 11 is 5.54. The van der Waals surface area contributed by atoms with Crippen molar-refractivity contribution in [2.75, 3.05) is 5.73 Å². The largest absolute Gasteiger partial charge is 0.506 e. The van der Waals surface area contributed by atoms with E-state index < -0.39 is 0 Å². The number of para-hydroxylation sites is 2. The Morgan fingerprint density at radius 2 is 1.40 bits per heavy atom. The highest BCUT2D eigenvalue weighted by Gasteiger charge is 1.87. The van der Waals surface area contributed by atoms with E-state index in [2.05, 4.69) is 0 Å². The normalized spacial score (nSPS) is 8.87. The molecule has 2 rings (SSSR count). The van der Waals surface area contributed by atoms with Gasteiger partial charge in [-0.05, 0) is 24.3 Å². The van der Waals surface area contributed by atoms with Crippen LogP contribution in [0.3, 0.4) is 0 Å². The van der Waals surface area contributed by atoms with E-state index in [9.17, 15) is 0 Å². The molecule has 0 unspecified atom stereocenters. The summed E-state index contributed by atoms with van der Waals surface area (Å²) in [6, 6.07) is 16.1. The molecule has 0 amide bonds. The number of hydrogen-bond donors (Lipinski definition) is 2. The molecule has 0 aliphatic heterocycles. The molecule has 0 aliphatic carbocycles. The summed E-state index contributed by atoms with van der Waals surface area (Å²) in [6.45, 7) is 0. The zero-order valence-corrected chi connectivity index (χ0v) is 8.85. The molecule has 3 heteroatoms. The van der Waals surface area contributed by atoms with Crippen LogP contribution in [0.4, 0.5) is 5.69 Å². The molecule has 2 aromatic carbocycles. The molecule has 0 bridgehead atoms. The van der Waals surface area contributed by atoms with Crippen LogP contribution in [0.2, 0.25) is 5.02 Å². The molecule has 0 atom stereocenters. The highest BCUT2D eigenvalue weighted by molar-refractivity contribution is 6.30. The number of aromatic hydroxyl groups is 1. The highest BCUT2D eigenvalue weighted by atomic mass is 35.5. The minimum Gasteiger partial charge on any atom is -0.506 e. The average molecular weight is 222 g/mol. The van der Waals surface area contributed by atoms with Crippen molar-refractivity contribution in [1.29, 1.82) is 0 Å². The van der Waals surface area contributed by atoms with E-state index in [1.807, 2.05) is 30.3 Å². The van der Waals surface area contributed by atoms with Gasteiger partial charge in [0, 0.05) is 5.02 Å². The SMILES string of the molecule is Clc1ccccc1.Nc1ccccc1O. The predicted molar refractivity (Wildman–Crippen MR) is 64.0 cm³/mol. The summed E-state index contributed by atoms with van der Waals surface area (Å²) < 4.78 is 0. The fraction of sp³-hybridized carbons (Fsp3) is 0. The summed E-state index contributed by atoms with van der Waals surface area (Å²) in [5.41, 5.74) is 5.69. The summed E-state index contributed by atoms with van der Waals surface area (Å²) in [5.74, 6) is 0.146. The third kappa shape index (κ3) is 4.38. The van der Waals surface area contributed by atoms with Gasteiger partial charge in [-0.25, -0.2) is 0 Å². The Morgan fingerprint density at radius 3 is 1.73 bits per heavy atom. The van der Waals surface area contributed by atoms with Gasteiger partial charge in [-0.2, -0.15) is 0 Å². The van der Waals surface area contributed by atoms with Crippen LogP contribution in [0, 0.1) is 0 Å². The Bertz CT molecular complexity index is 382. The first-order chi connectivity index (χ1) is 7.20. The van der Waals surface area contributed by atoms with Crippen LogP contribution in [0.15, 0.2) is 54.6 Å². The third-order valence-corrected chi connectivity index (χ3v) is 1.92. The Kier molecular flexibility index (Phi) is 4.51. The molecule has 78 valence electrons. The Balaban J connectivity index is 0.000000151. The molecular formula is C12H12ClNO. The molecular weight excluding hydrogens is 210 g/mol. The van der Waals surface area contributed by atoms with E-state index in [0.29, 0.717) is 5.69 Å².